The van der Waals surface area contributed by atoms with Crippen LogP contribution in [0.5, 0.6) is 5.75 Å². The quantitative estimate of drug-likeness (QED) is 0.180. The minimum absolute atomic E-state index is 0. The highest BCUT2D eigenvalue weighted by molar-refractivity contribution is 5.85. The van der Waals surface area contributed by atoms with Gasteiger partial charge in [0.1, 0.15) is 11.3 Å². The molecule has 0 radical (unpaired) electrons. The zero-order chi connectivity index (χ0) is 24.7. The molecule has 1 saturated heterocycles. The van der Waals surface area contributed by atoms with Crippen molar-refractivity contribution >= 4 is 29.5 Å². The summed E-state index contributed by atoms with van der Waals surface area (Å²) in [5.41, 5.74) is 4.26. The second-order valence-electron chi connectivity index (χ2n) is 9.73. The number of aromatic nitrogens is 1. The predicted octanol–water partition coefficient (Wildman–Crippen LogP) is 6.64. The van der Waals surface area contributed by atoms with Gasteiger partial charge in [0.2, 0.25) is 0 Å². The van der Waals surface area contributed by atoms with Crippen LogP contribution >= 0.6 is 12.4 Å². The van der Waals surface area contributed by atoms with Crippen LogP contribution in [0, 0.1) is 11.8 Å². The lowest BCUT2D eigenvalue weighted by atomic mass is 9.72. The van der Waals surface area contributed by atoms with Gasteiger partial charge in [-0.15, -0.1) is 12.4 Å². The first-order chi connectivity index (χ1) is 17.7. The van der Waals surface area contributed by atoms with E-state index in [4.69, 9.17) is 15.0 Å². The lowest BCUT2D eigenvalue weighted by Gasteiger charge is -2.44. The first kappa shape index (κ1) is 27.0. The molecule has 3 aromatic carbocycles. The van der Waals surface area contributed by atoms with Gasteiger partial charge in [-0.25, -0.2) is 5.01 Å². The standard InChI is InChI=1S/C30H36N4O2.ClH/c1-35-27-16-7-5-14-24(27)21-25-22(18-20-34(31)29(25)23-12-3-2-4-13-23)11-9-10-19-32-30-33-26-15-6-8-17-28(26)36-30;/h2-8,12-17,22,25,29H,9-11,18-21,31H2,1H3,(H,32,33);1H. The van der Waals surface area contributed by atoms with Gasteiger partial charge in [0.05, 0.1) is 13.2 Å². The molecular weight excluding hydrogens is 484 g/mol. The lowest BCUT2D eigenvalue weighted by Crippen LogP contribution is -2.47. The van der Waals surface area contributed by atoms with Gasteiger partial charge in [-0.2, -0.15) is 4.98 Å². The number of hydrogen-bond donors (Lipinski definition) is 2. The monoisotopic (exact) mass is 520 g/mol. The summed E-state index contributed by atoms with van der Waals surface area (Å²) in [6.45, 7) is 1.76. The van der Waals surface area contributed by atoms with Crippen LogP contribution in [-0.4, -0.2) is 30.2 Å². The number of fused-ring (bicyclic) bond motifs is 1. The highest BCUT2D eigenvalue weighted by atomic mass is 35.5. The lowest BCUT2D eigenvalue weighted by molar-refractivity contribution is 0.0414. The SMILES string of the molecule is COc1ccccc1CC1C(CCCCNc2nc3ccccc3o2)CCN(N)C1c1ccccc1.Cl. The number of hydrogen-bond acceptors (Lipinski definition) is 6. The Morgan fingerprint density at radius 3 is 2.57 bits per heavy atom. The number of hydrazine groups is 1. The molecule has 1 aliphatic heterocycles. The number of para-hydroxylation sites is 3. The Hall–Kier alpha value is -3.06. The molecule has 196 valence electrons. The Kier molecular flexibility index (Phi) is 9.45. The van der Waals surface area contributed by atoms with Crippen molar-refractivity contribution in [1.29, 1.82) is 0 Å². The molecule has 3 unspecified atom stereocenters. The fraction of sp³-hybridized carbons (Fsp3) is 0.367. The smallest absolute Gasteiger partial charge is 0.295 e. The third-order valence-corrected chi connectivity index (χ3v) is 7.49. The van der Waals surface area contributed by atoms with Gasteiger partial charge < -0.3 is 14.5 Å². The van der Waals surface area contributed by atoms with Crippen LogP contribution < -0.4 is 15.9 Å². The number of unbranched alkanes of at least 4 members (excludes halogenated alkanes) is 1. The van der Waals surface area contributed by atoms with Crippen LogP contribution in [-0.2, 0) is 6.42 Å². The highest BCUT2D eigenvalue weighted by Gasteiger charge is 2.37. The van der Waals surface area contributed by atoms with Crippen LogP contribution in [0.25, 0.3) is 11.1 Å². The van der Waals surface area contributed by atoms with E-state index in [0.29, 0.717) is 17.9 Å². The number of anilines is 1. The zero-order valence-electron chi connectivity index (χ0n) is 21.4. The number of ether oxygens (including phenoxy) is 1. The van der Waals surface area contributed by atoms with Crippen LogP contribution in [0.1, 0.15) is 42.9 Å². The second-order valence-corrected chi connectivity index (χ2v) is 9.73. The first-order valence-electron chi connectivity index (χ1n) is 13.0. The van der Waals surface area contributed by atoms with Gasteiger partial charge >= 0.3 is 0 Å². The van der Waals surface area contributed by atoms with Gasteiger partial charge in [-0.3, -0.25) is 5.84 Å². The summed E-state index contributed by atoms with van der Waals surface area (Å²) < 4.78 is 11.5. The predicted molar refractivity (Wildman–Crippen MR) is 152 cm³/mol. The van der Waals surface area contributed by atoms with E-state index < -0.39 is 0 Å². The van der Waals surface area contributed by atoms with Crippen molar-refractivity contribution in [2.24, 2.45) is 17.7 Å². The molecule has 1 aliphatic rings. The van der Waals surface area contributed by atoms with Crippen molar-refractivity contribution < 1.29 is 9.15 Å². The highest BCUT2D eigenvalue weighted by Crippen LogP contribution is 2.43. The molecule has 5 rings (SSSR count). The third-order valence-electron chi connectivity index (χ3n) is 7.49. The Morgan fingerprint density at radius 2 is 1.76 bits per heavy atom. The number of benzene rings is 3. The Labute approximate surface area is 225 Å². The van der Waals surface area contributed by atoms with E-state index in [-0.39, 0.29) is 18.4 Å². The summed E-state index contributed by atoms with van der Waals surface area (Å²) in [4.78, 5) is 4.52. The minimum Gasteiger partial charge on any atom is -0.496 e. The number of methoxy groups -OCH3 is 1. The second kappa shape index (κ2) is 13.0. The fourth-order valence-electron chi connectivity index (χ4n) is 5.70. The van der Waals surface area contributed by atoms with Crippen LogP contribution in [0.3, 0.4) is 0 Å². The molecule has 6 nitrogen and oxygen atoms in total. The number of halogens is 1. The Bertz CT molecular complexity index is 1220. The minimum atomic E-state index is 0. The Balaban J connectivity index is 0.00000320. The molecule has 4 aromatic rings. The third kappa shape index (κ3) is 6.45. The fourth-order valence-corrected chi connectivity index (χ4v) is 5.70. The molecule has 0 amide bonds. The molecule has 2 heterocycles. The van der Waals surface area contributed by atoms with Gasteiger partial charge in [0.15, 0.2) is 5.58 Å². The molecule has 3 N–H and O–H groups in total. The molecule has 0 saturated carbocycles. The van der Waals surface area contributed by atoms with Crippen molar-refractivity contribution in [3.63, 3.8) is 0 Å². The number of nitrogens with zero attached hydrogens (tertiary/aromatic N) is 2. The average molecular weight is 521 g/mol. The molecule has 1 aromatic heterocycles. The van der Waals surface area contributed by atoms with E-state index in [9.17, 15) is 0 Å². The summed E-state index contributed by atoms with van der Waals surface area (Å²) in [5.74, 6) is 8.59. The van der Waals surface area contributed by atoms with E-state index in [2.05, 4.69) is 63.8 Å². The molecule has 0 bridgehead atoms. The summed E-state index contributed by atoms with van der Waals surface area (Å²) in [6.07, 6.45) is 5.44. The van der Waals surface area contributed by atoms with Crippen molar-refractivity contribution in [3.05, 3.63) is 90.0 Å². The normalized spacial score (nSPS) is 19.9. The molecule has 7 heteroatoms. The maximum Gasteiger partial charge on any atom is 0.295 e. The molecule has 1 fully saturated rings. The molecule has 3 atom stereocenters. The Morgan fingerprint density at radius 1 is 1.00 bits per heavy atom. The van der Waals surface area contributed by atoms with Crippen molar-refractivity contribution in [1.82, 2.24) is 9.99 Å². The summed E-state index contributed by atoms with van der Waals surface area (Å²) in [5, 5.41) is 5.41. The maximum atomic E-state index is 6.64. The molecular formula is C30H37ClN4O2. The number of nitrogens with one attached hydrogen (secondary N) is 1. The van der Waals surface area contributed by atoms with Gasteiger partial charge in [-0.1, -0.05) is 67.1 Å². The van der Waals surface area contributed by atoms with Gasteiger partial charge in [0.25, 0.3) is 6.01 Å². The van der Waals surface area contributed by atoms with E-state index in [1.165, 1.54) is 17.5 Å². The number of nitrogens with two attached hydrogens (primary N) is 1. The van der Waals surface area contributed by atoms with Crippen LogP contribution in [0.15, 0.2) is 83.3 Å². The van der Waals surface area contributed by atoms with Crippen LogP contribution in [0.4, 0.5) is 6.01 Å². The number of oxazole rings is 1. The molecule has 37 heavy (non-hydrogen) atoms. The first-order valence-corrected chi connectivity index (χ1v) is 13.0. The summed E-state index contributed by atoms with van der Waals surface area (Å²) in [7, 11) is 1.75. The average Bonchev–Trinajstić information content (AvgIpc) is 3.33. The van der Waals surface area contributed by atoms with Gasteiger partial charge in [-0.05, 0) is 66.8 Å². The van der Waals surface area contributed by atoms with Gasteiger partial charge in [0, 0.05) is 13.1 Å². The largest absolute Gasteiger partial charge is 0.496 e. The maximum absolute atomic E-state index is 6.64. The van der Waals surface area contributed by atoms with Crippen molar-refractivity contribution in [3.8, 4) is 5.75 Å². The zero-order valence-corrected chi connectivity index (χ0v) is 22.2. The van der Waals surface area contributed by atoms with Crippen LogP contribution in [0.2, 0.25) is 0 Å². The van der Waals surface area contributed by atoms with E-state index in [1.54, 1.807) is 7.11 Å². The summed E-state index contributed by atoms with van der Waals surface area (Å²) in [6, 6.07) is 27.8. The van der Waals surface area contributed by atoms with E-state index in [0.717, 1.165) is 55.6 Å². The van der Waals surface area contributed by atoms with Crippen molar-refractivity contribution in [2.45, 2.75) is 38.1 Å². The van der Waals surface area contributed by atoms with E-state index in [1.807, 2.05) is 30.3 Å². The number of piperidine rings is 1. The molecule has 0 aliphatic carbocycles. The van der Waals surface area contributed by atoms with E-state index >= 15 is 0 Å². The van der Waals surface area contributed by atoms with Crippen molar-refractivity contribution in [2.75, 3.05) is 25.5 Å². The summed E-state index contributed by atoms with van der Waals surface area (Å²) >= 11 is 0. The molecule has 0 spiro atoms. The number of rotatable bonds is 10. The topological polar surface area (TPSA) is 76.5 Å².